The summed E-state index contributed by atoms with van der Waals surface area (Å²) in [6.45, 7) is 0.380. The molecule has 1 aromatic rings. The van der Waals surface area contributed by atoms with Gasteiger partial charge in [-0.2, -0.15) is 0 Å². The number of hydrogen-bond donors (Lipinski definition) is 0. The maximum absolute atomic E-state index is 12.8. The zero-order valence-electron chi connectivity index (χ0n) is 9.91. The van der Waals surface area contributed by atoms with E-state index in [1.807, 2.05) is 0 Å². The molecule has 0 N–H and O–H groups in total. The summed E-state index contributed by atoms with van der Waals surface area (Å²) in [5.41, 5.74) is 0.449. The molecule has 4 nitrogen and oxygen atoms in total. The van der Waals surface area contributed by atoms with Gasteiger partial charge in [0.1, 0.15) is 5.82 Å². The minimum Gasteiger partial charge on any atom is -0.343 e. The Hall–Kier alpha value is -1.59. The van der Waals surface area contributed by atoms with Crippen LogP contribution >= 0.6 is 0 Å². The molecule has 0 radical (unpaired) electrons. The van der Waals surface area contributed by atoms with E-state index in [0.29, 0.717) is 12.2 Å². The number of carbonyl (C=O) groups excluding carboxylic acids is 2. The molecule has 0 amide bonds. The van der Waals surface area contributed by atoms with Crippen molar-refractivity contribution in [1.29, 1.82) is 0 Å². The van der Waals surface area contributed by atoms with E-state index < -0.39 is 6.29 Å². The Kier molecular flexibility index (Phi) is 2.20. The van der Waals surface area contributed by atoms with E-state index in [1.165, 1.54) is 24.3 Å². The lowest BCUT2D eigenvalue weighted by molar-refractivity contribution is -0.153. The Morgan fingerprint density at radius 2 is 2.00 bits per heavy atom. The van der Waals surface area contributed by atoms with Gasteiger partial charge >= 0.3 is 0 Å². The number of Topliss-reactive ketones (excluding diaryl/α,β-unsaturated/α-hetero) is 2. The Morgan fingerprint density at radius 3 is 2.74 bits per heavy atom. The van der Waals surface area contributed by atoms with Crippen molar-refractivity contribution in [1.82, 2.24) is 0 Å². The molecule has 2 aliphatic heterocycles. The molecule has 2 heterocycles. The Morgan fingerprint density at radius 1 is 1.26 bits per heavy atom. The Bertz CT molecular complexity index is 567. The van der Waals surface area contributed by atoms with Gasteiger partial charge in [-0.15, -0.1) is 0 Å². The molecular weight excluding hydrogens is 251 g/mol. The zero-order valence-corrected chi connectivity index (χ0v) is 9.91. The van der Waals surface area contributed by atoms with Gasteiger partial charge in [-0.05, 0) is 24.3 Å². The second-order valence-electron chi connectivity index (χ2n) is 5.24. The Labute approximate surface area is 108 Å². The Balaban J connectivity index is 1.60. The first-order valence-electron chi connectivity index (χ1n) is 6.27. The van der Waals surface area contributed by atoms with Crippen molar-refractivity contribution in [2.24, 2.45) is 17.8 Å². The van der Waals surface area contributed by atoms with Crippen molar-refractivity contribution in [2.45, 2.75) is 12.4 Å². The molecule has 2 saturated heterocycles. The van der Waals surface area contributed by atoms with E-state index in [-0.39, 0.29) is 41.2 Å². The predicted molar refractivity (Wildman–Crippen MR) is 60.8 cm³/mol. The summed E-state index contributed by atoms with van der Waals surface area (Å²) in [5.74, 6) is -1.26. The van der Waals surface area contributed by atoms with Gasteiger partial charge in [-0.3, -0.25) is 9.59 Å². The van der Waals surface area contributed by atoms with Gasteiger partial charge in [-0.25, -0.2) is 4.39 Å². The van der Waals surface area contributed by atoms with Crippen LogP contribution in [0.3, 0.4) is 0 Å². The van der Waals surface area contributed by atoms with Crippen LogP contribution in [-0.2, 0) is 14.3 Å². The third-order valence-electron chi connectivity index (χ3n) is 4.21. The van der Waals surface area contributed by atoms with Crippen LogP contribution in [0.25, 0.3) is 0 Å². The summed E-state index contributed by atoms with van der Waals surface area (Å²) in [6, 6.07) is 5.43. The molecule has 0 aromatic heterocycles. The number of benzene rings is 1. The van der Waals surface area contributed by atoms with Crippen LogP contribution in [0, 0.1) is 23.6 Å². The van der Waals surface area contributed by atoms with Gasteiger partial charge in [0.2, 0.25) is 6.29 Å². The molecule has 2 bridgehead atoms. The van der Waals surface area contributed by atoms with Gasteiger partial charge < -0.3 is 9.47 Å². The summed E-state index contributed by atoms with van der Waals surface area (Å²) in [6.07, 6.45) is -0.931. The first-order valence-corrected chi connectivity index (χ1v) is 6.27. The predicted octanol–water partition coefficient (Wildman–Crippen LogP) is 1.19. The molecule has 3 fully saturated rings. The van der Waals surface area contributed by atoms with Crippen LogP contribution in [0.4, 0.5) is 4.39 Å². The summed E-state index contributed by atoms with van der Waals surface area (Å²) in [4.78, 5) is 24.3. The number of ketones is 2. The molecule has 0 spiro atoms. The minimum atomic E-state index is -0.780. The van der Waals surface area contributed by atoms with Gasteiger partial charge in [0.05, 0.1) is 12.7 Å². The molecule has 1 saturated carbocycles. The fourth-order valence-corrected chi connectivity index (χ4v) is 3.24. The van der Waals surface area contributed by atoms with Crippen molar-refractivity contribution < 1.29 is 23.5 Å². The van der Waals surface area contributed by atoms with Crippen molar-refractivity contribution in [3.63, 3.8) is 0 Å². The molecule has 5 heteroatoms. The third-order valence-corrected chi connectivity index (χ3v) is 4.21. The van der Waals surface area contributed by atoms with Crippen LogP contribution in [0.15, 0.2) is 24.3 Å². The average Bonchev–Trinajstić information content (AvgIpc) is 3.02. The molecule has 1 aliphatic carbocycles. The number of hydrogen-bond acceptors (Lipinski definition) is 4. The lowest BCUT2D eigenvalue weighted by Crippen LogP contribution is -2.30. The highest BCUT2D eigenvalue weighted by Crippen LogP contribution is 2.57. The number of fused-ring (bicyclic) bond motifs is 4. The largest absolute Gasteiger partial charge is 0.343 e. The summed E-state index contributed by atoms with van der Waals surface area (Å²) in [5, 5.41) is 0. The number of rotatable bonds is 2. The highest BCUT2D eigenvalue weighted by atomic mass is 19.1. The van der Waals surface area contributed by atoms with Crippen LogP contribution < -0.4 is 0 Å². The minimum absolute atomic E-state index is 0.0659. The van der Waals surface area contributed by atoms with Crippen LogP contribution in [0.5, 0.6) is 0 Å². The average molecular weight is 262 g/mol. The SMILES string of the molecule is O=C(c1ccc(F)cc1)[C@@H]1[C@H]2C(=O)[C@H]3OC[C@@H](O3)[C@H]12. The van der Waals surface area contributed by atoms with Crippen LogP contribution in [0.2, 0.25) is 0 Å². The van der Waals surface area contributed by atoms with Crippen LogP contribution in [-0.4, -0.2) is 30.6 Å². The fraction of sp³-hybridized carbons (Fsp3) is 0.429. The van der Waals surface area contributed by atoms with Crippen molar-refractivity contribution in [3.8, 4) is 0 Å². The standard InChI is InChI=1S/C14H11FO4/c15-7-3-1-6(2-4-7)12(16)10-9-8-5-18-14(19-8)13(17)11(9)10/h1-4,8-11,14H,5H2/t8-,9-,10+,11+,14+/m1/s1. The summed E-state index contributed by atoms with van der Waals surface area (Å²) < 4.78 is 23.5. The van der Waals surface area contributed by atoms with E-state index >= 15 is 0 Å². The van der Waals surface area contributed by atoms with E-state index in [4.69, 9.17) is 9.47 Å². The van der Waals surface area contributed by atoms with E-state index in [1.54, 1.807) is 0 Å². The maximum atomic E-state index is 12.8. The van der Waals surface area contributed by atoms with Crippen molar-refractivity contribution >= 4 is 11.6 Å². The number of carbonyl (C=O) groups is 2. The lowest BCUT2D eigenvalue weighted by atomic mass is 10.0. The quantitative estimate of drug-likeness (QED) is 0.751. The van der Waals surface area contributed by atoms with Crippen molar-refractivity contribution in [3.05, 3.63) is 35.6 Å². The lowest BCUT2D eigenvalue weighted by Gasteiger charge is -2.14. The van der Waals surface area contributed by atoms with Gasteiger partial charge in [0.15, 0.2) is 11.6 Å². The first kappa shape index (κ1) is 11.3. The molecule has 19 heavy (non-hydrogen) atoms. The summed E-state index contributed by atoms with van der Waals surface area (Å²) in [7, 11) is 0. The highest BCUT2D eigenvalue weighted by Gasteiger charge is 2.68. The molecule has 4 rings (SSSR count). The fourth-order valence-electron chi connectivity index (χ4n) is 3.24. The number of halogens is 1. The molecule has 1 aromatic carbocycles. The second-order valence-corrected chi connectivity index (χ2v) is 5.24. The monoisotopic (exact) mass is 262 g/mol. The molecule has 0 unspecified atom stereocenters. The highest BCUT2D eigenvalue weighted by molar-refractivity contribution is 6.05. The smallest absolute Gasteiger partial charge is 0.218 e. The van der Waals surface area contributed by atoms with E-state index in [2.05, 4.69) is 0 Å². The van der Waals surface area contributed by atoms with E-state index in [9.17, 15) is 14.0 Å². The molecule has 3 aliphatic rings. The van der Waals surface area contributed by atoms with Gasteiger partial charge in [-0.1, -0.05) is 0 Å². The first-order chi connectivity index (χ1) is 9.16. The van der Waals surface area contributed by atoms with E-state index in [0.717, 1.165) is 0 Å². The second kappa shape index (κ2) is 3.71. The van der Waals surface area contributed by atoms with Gasteiger partial charge in [0.25, 0.3) is 0 Å². The third kappa shape index (κ3) is 1.52. The molecule has 5 atom stereocenters. The molecule has 98 valence electrons. The normalized spacial score (nSPS) is 39.0. The summed E-state index contributed by atoms with van der Waals surface area (Å²) >= 11 is 0. The van der Waals surface area contributed by atoms with Gasteiger partial charge in [0, 0.05) is 23.3 Å². The number of ether oxygens (including phenoxy) is 2. The molecular formula is C14H11FO4. The van der Waals surface area contributed by atoms with Crippen LogP contribution in [0.1, 0.15) is 10.4 Å². The zero-order chi connectivity index (χ0) is 13.1. The maximum Gasteiger partial charge on any atom is 0.218 e. The van der Waals surface area contributed by atoms with Crippen molar-refractivity contribution in [2.75, 3.05) is 6.61 Å². The topological polar surface area (TPSA) is 52.6 Å².